The van der Waals surface area contributed by atoms with E-state index in [9.17, 15) is 22.0 Å². The fourth-order valence-electron chi connectivity index (χ4n) is 2.34. The Hall–Kier alpha value is -0.800. The molecule has 0 radical (unpaired) electrons. The Bertz CT molecular complexity index is 430. The molecule has 9 heteroatoms. The topological polar surface area (TPSA) is 77.9 Å². The highest BCUT2D eigenvalue weighted by Gasteiger charge is 2.37. The molecule has 1 saturated heterocycles. The average Bonchev–Trinajstić information content (AvgIpc) is 2.36. The van der Waals surface area contributed by atoms with Crippen LogP contribution >= 0.6 is 0 Å². The predicted octanol–water partition coefficient (Wildman–Crippen LogP) is -0.114. The highest BCUT2D eigenvalue weighted by molar-refractivity contribution is 7.88. The lowest BCUT2D eigenvalue weighted by atomic mass is 10.0. The highest BCUT2D eigenvalue weighted by atomic mass is 32.2. The number of rotatable bonds is 6. The van der Waals surface area contributed by atoms with Gasteiger partial charge in [0.1, 0.15) is 6.04 Å². The number of piperidine rings is 1. The molecule has 1 aliphatic heterocycles. The first-order valence-corrected chi connectivity index (χ1v) is 8.26. The van der Waals surface area contributed by atoms with Crippen LogP contribution in [0.5, 0.6) is 0 Å². The molecule has 1 N–H and O–H groups in total. The van der Waals surface area contributed by atoms with Crippen LogP contribution in [0.4, 0.5) is 8.78 Å². The van der Waals surface area contributed by atoms with Gasteiger partial charge in [0.25, 0.3) is 6.43 Å². The van der Waals surface area contributed by atoms with E-state index in [-0.39, 0.29) is 13.1 Å². The summed E-state index contributed by atoms with van der Waals surface area (Å²) in [4.78, 5) is 13.1. The number of aliphatic hydroxyl groups is 1. The molecule has 0 aliphatic carbocycles. The van der Waals surface area contributed by atoms with Crippen LogP contribution in [0.3, 0.4) is 0 Å². The molecule has 1 amide bonds. The van der Waals surface area contributed by atoms with Crippen molar-refractivity contribution in [2.75, 3.05) is 32.5 Å². The molecule has 6 nitrogen and oxygen atoms in total. The van der Waals surface area contributed by atoms with Crippen LogP contribution in [0, 0.1) is 0 Å². The smallest absolute Gasteiger partial charge is 0.255 e. The first-order valence-electron chi connectivity index (χ1n) is 6.42. The molecule has 0 saturated carbocycles. The average molecular weight is 314 g/mol. The van der Waals surface area contributed by atoms with E-state index in [1.54, 1.807) is 0 Å². The van der Waals surface area contributed by atoms with Gasteiger partial charge in [0.2, 0.25) is 15.9 Å². The fraction of sp³-hybridized carbons (Fsp3) is 0.909. The van der Waals surface area contributed by atoms with Crippen LogP contribution in [0.15, 0.2) is 0 Å². The summed E-state index contributed by atoms with van der Waals surface area (Å²) >= 11 is 0. The summed E-state index contributed by atoms with van der Waals surface area (Å²) < 4.78 is 49.3. The fourth-order valence-corrected chi connectivity index (χ4v) is 3.46. The lowest BCUT2D eigenvalue weighted by Gasteiger charge is -2.35. The standard InChI is InChI=1S/C11H20F2N2O4S/c1-20(18,19)15-5-3-2-4-9(15)11(17)14(6-7-16)8-10(12)13/h9-10,16H,2-8H2,1H3. The summed E-state index contributed by atoms with van der Waals surface area (Å²) in [5.41, 5.74) is 0. The highest BCUT2D eigenvalue weighted by Crippen LogP contribution is 2.22. The first-order chi connectivity index (χ1) is 9.27. The molecule has 118 valence electrons. The van der Waals surface area contributed by atoms with Crippen LogP contribution in [0.2, 0.25) is 0 Å². The summed E-state index contributed by atoms with van der Waals surface area (Å²) in [6, 6.07) is -0.941. The van der Waals surface area contributed by atoms with Gasteiger partial charge in [-0.25, -0.2) is 17.2 Å². The molecule has 1 rings (SSSR count). The number of aliphatic hydroxyl groups excluding tert-OH is 1. The zero-order valence-corrected chi connectivity index (χ0v) is 12.2. The van der Waals surface area contributed by atoms with Gasteiger partial charge in [0, 0.05) is 13.1 Å². The Labute approximate surface area is 117 Å². The quantitative estimate of drug-likeness (QED) is 0.742. The summed E-state index contributed by atoms with van der Waals surface area (Å²) in [6.45, 7) is -1.24. The second-order valence-electron chi connectivity index (χ2n) is 4.78. The third kappa shape index (κ3) is 4.64. The van der Waals surface area contributed by atoms with E-state index in [1.165, 1.54) is 0 Å². The molecule has 0 bridgehead atoms. The van der Waals surface area contributed by atoms with Crippen molar-refractivity contribution >= 4 is 15.9 Å². The van der Waals surface area contributed by atoms with Crippen molar-refractivity contribution in [3.05, 3.63) is 0 Å². The molecule has 0 aromatic carbocycles. The van der Waals surface area contributed by atoms with Crippen molar-refractivity contribution in [2.24, 2.45) is 0 Å². The van der Waals surface area contributed by atoms with E-state index in [1.807, 2.05) is 0 Å². The van der Waals surface area contributed by atoms with E-state index in [0.29, 0.717) is 19.3 Å². The van der Waals surface area contributed by atoms with Crippen LogP contribution < -0.4 is 0 Å². The molecule has 1 aliphatic rings. The Balaban J connectivity index is 2.89. The maximum atomic E-state index is 12.5. The maximum absolute atomic E-state index is 12.5. The molecule has 1 atom stereocenters. The van der Waals surface area contributed by atoms with Gasteiger partial charge >= 0.3 is 0 Å². The van der Waals surface area contributed by atoms with Crippen LogP contribution in [-0.4, -0.2) is 73.6 Å². The Kier molecular flexibility index (Phi) is 6.28. The number of nitrogens with zero attached hydrogens (tertiary/aromatic N) is 2. The SMILES string of the molecule is CS(=O)(=O)N1CCCCC1C(=O)N(CCO)CC(F)F. The normalized spacial score (nSPS) is 21.1. The number of alkyl halides is 2. The van der Waals surface area contributed by atoms with Crippen molar-refractivity contribution in [2.45, 2.75) is 31.7 Å². The van der Waals surface area contributed by atoms with Crippen molar-refractivity contribution in [1.82, 2.24) is 9.21 Å². The summed E-state index contributed by atoms with van der Waals surface area (Å²) in [5.74, 6) is -0.663. The van der Waals surface area contributed by atoms with Gasteiger partial charge in [-0.2, -0.15) is 4.31 Å². The van der Waals surface area contributed by atoms with Gasteiger partial charge in [-0.05, 0) is 12.8 Å². The third-order valence-corrected chi connectivity index (χ3v) is 4.49. The van der Waals surface area contributed by atoms with Crippen molar-refractivity contribution < 1.29 is 27.1 Å². The summed E-state index contributed by atoms with van der Waals surface area (Å²) in [6.07, 6.45) is -0.0876. The Morgan fingerprint density at radius 1 is 1.45 bits per heavy atom. The molecular formula is C11H20F2N2O4S. The number of halogens is 2. The zero-order valence-electron chi connectivity index (χ0n) is 11.3. The minimum atomic E-state index is -3.56. The van der Waals surface area contributed by atoms with Gasteiger partial charge in [-0.1, -0.05) is 6.42 Å². The second-order valence-corrected chi connectivity index (χ2v) is 6.72. The van der Waals surface area contributed by atoms with Crippen LogP contribution in [-0.2, 0) is 14.8 Å². The molecule has 1 unspecified atom stereocenters. The molecule has 1 heterocycles. The zero-order chi connectivity index (χ0) is 15.3. The Morgan fingerprint density at radius 3 is 2.60 bits per heavy atom. The number of hydrogen-bond acceptors (Lipinski definition) is 4. The van der Waals surface area contributed by atoms with Crippen molar-refractivity contribution in [1.29, 1.82) is 0 Å². The minimum Gasteiger partial charge on any atom is -0.395 e. The number of amides is 1. The molecule has 0 aromatic heterocycles. The number of carbonyl (C=O) groups excluding carboxylic acids is 1. The molecule has 1 fully saturated rings. The van der Waals surface area contributed by atoms with Gasteiger partial charge in [-0.3, -0.25) is 4.79 Å². The van der Waals surface area contributed by atoms with Crippen molar-refractivity contribution in [3.8, 4) is 0 Å². The van der Waals surface area contributed by atoms with Gasteiger partial charge in [0.05, 0.1) is 19.4 Å². The molecular weight excluding hydrogens is 294 g/mol. The first kappa shape index (κ1) is 17.3. The Morgan fingerprint density at radius 2 is 2.10 bits per heavy atom. The van der Waals surface area contributed by atoms with E-state index < -0.39 is 41.5 Å². The second kappa shape index (κ2) is 7.28. The summed E-state index contributed by atoms with van der Waals surface area (Å²) in [5, 5.41) is 8.85. The van der Waals surface area contributed by atoms with Crippen molar-refractivity contribution in [3.63, 3.8) is 0 Å². The predicted molar refractivity (Wildman–Crippen MR) is 68.9 cm³/mol. The molecule has 0 spiro atoms. The maximum Gasteiger partial charge on any atom is 0.255 e. The van der Waals surface area contributed by atoms with Gasteiger partial charge in [0.15, 0.2) is 0 Å². The van der Waals surface area contributed by atoms with Gasteiger partial charge < -0.3 is 10.0 Å². The van der Waals surface area contributed by atoms with E-state index >= 15 is 0 Å². The molecule has 0 aromatic rings. The molecule has 20 heavy (non-hydrogen) atoms. The largest absolute Gasteiger partial charge is 0.395 e. The van der Waals surface area contributed by atoms with E-state index in [4.69, 9.17) is 5.11 Å². The lowest BCUT2D eigenvalue weighted by Crippen LogP contribution is -2.53. The van der Waals surface area contributed by atoms with Gasteiger partial charge in [-0.15, -0.1) is 0 Å². The number of carbonyl (C=O) groups is 1. The number of hydrogen-bond donors (Lipinski definition) is 1. The minimum absolute atomic E-state index is 0.219. The van der Waals surface area contributed by atoms with E-state index in [0.717, 1.165) is 15.5 Å². The third-order valence-electron chi connectivity index (χ3n) is 3.20. The summed E-state index contributed by atoms with van der Waals surface area (Å²) in [7, 11) is -3.56. The number of sulfonamides is 1. The monoisotopic (exact) mass is 314 g/mol. The lowest BCUT2D eigenvalue weighted by molar-refractivity contribution is -0.138. The van der Waals surface area contributed by atoms with E-state index in [2.05, 4.69) is 0 Å². The van der Waals surface area contributed by atoms with Crippen LogP contribution in [0.25, 0.3) is 0 Å². The van der Waals surface area contributed by atoms with Crippen LogP contribution in [0.1, 0.15) is 19.3 Å².